The van der Waals surface area contributed by atoms with Crippen LogP contribution in [0.5, 0.6) is 0 Å². The predicted octanol–water partition coefficient (Wildman–Crippen LogP) is 1.36. The standard InChI is InChI=1S/C15H23N3O5S/c1-9(2)6-16-15(21)11(4)22-14(20)8-24-7-13(19)17-12-5-10(3)23-18-12/h5,9,11H,6-8H2,1-4H3,(H,16,21)(H,17,18,19). The summed E-state index contributed by atoms with van der Waals surface area (Å²) in [5.74, 6) is 0.103. The van der Waals surface area contributed by atoms with Gasteiger partial charge < -0.3 is 19.9 Å². The third kappa shape index (κ3) is 8.00. The summed E-state index contributed by atoms with van der Waals surface area (Å²) in [6.45, 7) is 7.69. The first-order valence-electron chi connectivity index (χ1n) is 7.56. The summed E-state index contributed by atoms with van der Waals surface area (Å²) in [5, 5.41) is 8.87. The number of nitrogens with one attached hydrogen (secondary N) is 2. The molecule has 1 heterocycles. The van der Waals surface area contributed by atoms with Gasteiger partial charge in [-0.1, -0.05) is 19.0 Å². The summed E-state index contributed by atoms with van der Waals surface area (Å²) in [4.78, 5) is 35.0. The average Bonchev–Trinajstić information content (AvgIpc) is 2.89. The monoisotopic (exact) mass is 357 g/mol. The molecular weight excluding hydrogens is 334 g/mol. The van der Waals surface area contributed by atoms with E-state index in [2.05, 4.69) is 15.8 Å². The van der Waals surface area contributed by atoms with E-state index < -0.39 is 12.1 Å². The number of rotatable bonds is 9. The van der Waals surface area contributed by atoms with Gasteiger partial charge in [0, 0.05) is 12.6 Å². The van der Waals surface area contributed by atoms with Gasteiger partial charge in [0.2, 0.25) is 5.91 Å². The maximum Gasteiger partial charge on any atom is 0.316 e. The van der Waals surface area contributed by atoms with Gasteiger partial charge in [-0.05, 0) is 19.8 Å². The van der Waals surface area contributed by atoms with Gasteiger partial charge in [-0.2, -0.15) is 0 Å². The Bertz CT molecular complexity index is 573. The van der Waals surface area contributed by atoms with Crippen molar-refractivity contribution < 1.29 is 23.6 Å². The number of amides is 2. The molecule has 0 aliphatic carbocycles. The van der Waals surface area contributed by atoms with Crippen LogP contribution in [0.1, 0.15) is 26.5 Å². The van der Waals surface area contributed by atoms with E-state index in [0.29, 0.717) is 24.0 Å². The van der Waals surface area contributed by atoms with Crippen LogP contribution >= 0.6 is 11.8 Å². The summed E-state index contributed by atoms with van der Waals surface area (Å²) in [6, 6.07) is 1.59. The van der Waals surface area contributed by atoms with E-state index in [-0.39, 0.29) is 23.3 Å². The van der Waals surface area contributed by atoms with Gasteiger partial charge in [0.1, 0.15) is 5.76 Å². The third-order valence-electron chi connectivity index (χ3n) is 2.71. The first-order valence-corrected chi connectivity index (χ1v) is 8.71. The second kappa shape index (κ2) is 9.96. The highest BCUT2D eigenvalue weighted by Gasteiger charge is 2.18. The molecule has 24 heavy (non-hydrogen) atoms. The SMILES string of the molecule is Cc1cc(NC(=O)CSCC(=O)OC(C)C(=O)NCC(C)C)no1. The quantitative estimate of drug-likeness (QED) is 0.642. The van der Waals surface area contributed by atoms with Crippen molar-refractivity contribution >= 4 is 35.4 Å². The maximum absolute atomic E-state index is 11.7. The highest BCUT2D eigenvalue weighted by Crippen LogP contribution is 2.09. The van der Waals surface area contributed by atoms with E-state index in [9.17, 15) is 14.4 Å². The van der Waals surface area contributed by atoms with Crippen molar-refractivity contribution in [3.63, 3.8) is 0 Å². The number of esters is 1. The van der Waals surface area contributed by atoms with Crippen LogP contribution in [0.3, 0.4) is 0 Å². The molecule has 1 atom stereocenters. The minimum atomic E-state index is -0.858. The zero-order valence-corrected chi connectivity index (χ0v) is 15.1. The van der Waals surface area contributed by atoms with Gasteiger partial charge in [-0.15, -0.1) is 11.8 Å². The van der Waals surface area contributed by atoms with E-state index in [1.54, 1.807) is 13.0 Å². The summed E-state index contributed by atoms with van der Waals surface area (Å²) >= 11 is 1.09. The lowest BCUT2D eigenvalue weighted by Gasteiger charge is -2.14. The smallest absolute Gasteiger partial charge is 0.316 e. The number of hydrogen-bond acceptors (Lipinski definition) is 7. The number of anilines is 1. The highest BCUT2D eigenvalue weighted by molar-refractivity contribution is 8.00. The molecule has 0 radical (unpaired) electrons. The lowest BCUT2D eigenvalue weighted by Crippen LogP contribution is -2.38. The predicted molar refractivity (Wildman–Crippen MR) is 90.6 cm³/mol. The Morgan fingerprint density at radius 3 is 2.58 bits per heavy atom. The molecule has 134 valence electrons. The second-order valence-electron chi connectivity index (χ2n) is 5.63. The summed E-state index contributed by atoms with van der Waals surface area (Å²) in [5.41, 5.74) is 0. The van der Waals surface area contributed by atoms with Crippen molar-refractivity contribution in [2.75, 3.05) is 23.4 Å². The molecule has 0 saturated carbocycles. The van der Waals surface area contributed by atoms with Crippen LogP contribution in [0.4, 0.5) is 5.82 Å². The van der Waals surface area contributed by atoms with E-state index in [1.807, 2.05) is 13.8 Å². The van der Waals surface area contributed by atoms with Gasteiger partial charge >= 0.3 is 5.97 Å². The first-order chi connectivity index (χ1) is 11.3. The Kier molecular flexibility index (Phi) is 8.31. The van der Waals surface area contributed by atoms with Crippen molar-refractivity contribution in [3.05, 3.63) is 11.8 Å². The van der Waals surface area contributed by atoms with Crippen LogP contribution in [0, 0.1) is 12.8 Å². The minimum Gasteiger partial charge on any atom is -0.452 e. The summed E-state index contributed by atoms with van der Waals surface area (Å²) in [7, 11) is 0. The fourth-order valence-corrected chi connectivity index (χ4v) is 2.16. The molecular formula is C15H23N3O5S. The number of thioether (sulfide) groups is 1. The first kappa shape index (κ1) is 20.0. The number of aromatic nitrogens is 1. The molecule has 8 nitrogen and oxygen atoms in total. The molecule has 0 fully saturated rings. The molecule has 0 bridgehead atoms. The van der Waals surface area contributed by atoms with Gasteiger partial charge in [0.05, 0.1) is 11.5 Å². The summed E-state index contributed by atoms with van der Waals surface area (Å²) < 4.78 is 9.84. The van der Waals surface area contributed by atoms with E-state index in [4.69, 9.17) is 9.26 Å². The molecule has 0 spiro atoms. The van der Waals surface area contributed by atoms with Gasteiger partial charge in [0.25, 0.3) is 5.91 Å². The molecule has 0 saturated heterocycles. The number of aryl methyl sites for hydroxylation is 1. The molecule has 0 aliphatic rings. The van der Waals surface area contributed by atoms with Crippen LogP contribution < -0.4 is 10.6 Å². The Hall–Kier alpha value is -2.03. The second-order valence-corrected chi connectivity index (χ2v) is 6.62. The fraction of sp³-hybridized carbons (Fsp3) is 0.600. The van der Waals surface area contributed by atoms with E-state index in [1.165, 1.54) is 6.92 Å². The number of carbonyl (C=O) groups is 3. The Balaban J connectivity index is 2.21. The van der Waals surface area contributed by atoms with E-state index >= 15 is 0 Å². The fourth-order valence-electron chi connectivity index (χ4n) is 1.56. The van der Waals surface area contributed by atoms with Crippen LogP contribution in [0.15, 0.2) is 10.6 Å². The molecule has 1 unspecified atom stereocenters. The largest absolute Gasteiger partial charge is 0.452 e. The van der Waals surface area contributed by atoms with Crippen LogP contribution in [0.25, 0.3) is 0 Å². The van der Waals surface area contributed by atoms with Crippen LogP contribution in [-0.2, 0) is 19.1 Å². The topological polar surface area (TPSA) is 111 Å². The van der Waals surface area contributed by atoms with E-state index in [0.717, 1.165) is 11.8 Å². The van der Waals surface area contributed by atoms with Crippen molar-refractivity contribution in [1.29, 1.82) is 0 Å². The van der Waals surface area contributed by atoms with Crippen molar-refractivity contribution in [3.8, 4) is 0 Å². The number of nitrogens with zero attached hydrogens (tertiary/aromatic N) is 1. The lowest BCUT2D eigenvalue weighted by atomic mass is 10.2. The normalized spacial score (nSPS) is 11.9. The van der Waals surface area contributed by atoms with Gasteiger partial charge in [-0.3, -0.25) is 14.4 Å². The molecule has 0 aliphatic heterocycles. The molecule has 1 aromatic rings. The number of carbonyl (C=O) groups excluding carboxylic acids is 3. The number of ether oxygens (including phenoxy) is 1. The zero-order chi connectivity index (χ0) is 18.1. The average molecular weight is 357 g/mol. The van der Waals surface area contributed by atoms with Gasteiger partial charge in [-0.25, -0.2) is 0 Å². The third-order valence-corrected chi connectivity index (χ3v) is 3.62. The van der Waals surface area contributed by atoms with Crippen molar-refractivity contribution in [2.24, 2.45) is 5.92 Å². The molecule has 9 heteroatoms. The molecule has 0 aromatic carbocycles. The van der Waals surface area contributed by atoms with Crippen LogP contribution in [-0.4, -0.2) is 47.1 Å². The van der Waals surface area contributed by atoms with Gasteiger partial charge in [0.15, 0.2) is 11.9 Å². The van der Waals surface area contributed by atoms with Crippen LogP contribution in [0.2, 0.25) is 0 Å². The lowest BCUT2D eigenvalue weighted by molar-refractivity contribution is -0.152. The summed E-state index contributed by atoms with van der Waals surface area (Å²) in [6.07, 6.45) is -0.858. The zero-order valence-electron chi connectivity index (χ0n) is 14.3. The van der Waals surface area contributed by atoms with Crippen molar-refractivity contribution in [2.45, 2.75) is 33.8 Å². The Labute approximate surface area is 145 Å². The Morgan fingerprint density at radius 2 is 2.00 bits per heavy atom. The Morgan fingerprint density at radius 1 is 1.29 bits per heavy atom. The molecule has 2 amide bonds. The molecule has 1 rings (SSSR count). The highest BCUT2D eigenvalue weighted by atomic mass is 32.2. The molecule has 2 N–H and O–H groups in total. The number of hydrogen-bond donors (Lipinski definition) is 2. The molecule has 1 aromatic heterocycles. The van der Waals surface area contributed by atoms with Crippen molar-refractivity contribution in [1.82, 2.24) is 10.5 Å². The maximum atomic E-state index is 11.7. The minimum absolute atomic E-state index is 0.0208.